The number of rotatable bonds is 4. The summed E-state index contributed by atoms with van der Waals surface area (Å²) in [7, 11) is 1.88. The van der Waals surface area contributed by atoms with E-state index in [9.17, 15) is 14.0 Å². The molecule has 0 radical (unpaired) electrons. The molecule has 4 nitrogen and oxygen atoms in total. The molecule has 118 valence electrons. The molecule has 5 heteroatoms. The number of halogens is 1. The highest BCUT2D eigenvalue weighted by Crippen LogP contribution is 2.29. The van der Waals surface area contributed by atoms with Gasteiger partial charge in [0.2, 0.25) is 0 Å². The number of anilines is 1. The van der Waals surface area contributed by atoms with Crippen LogP contribution in [0.3, 0.4) is 0 Å². The Morgan fingerprint density at radius 3 is 2.61 bits per heavy atom. The monoisotopic (exact) mass is 312 g/mol. The van der Waals surface area contributed by atoms with E-state index in [0.29, 0.717) is 12.2 Å². The van der Waals surface area contributed by atoms with Crippen molar-refractivity contribution in [2.75, 3.05) is 18.6 Å². The largest absolute Gasteiger partial charge is 0.300 e. The van der Waals surface area contributed by atoms with Crippen molar-refractivity contribution in [3.63, 3.8) is 0 Å². The van der Waals surface area contributed by atoms with Gasteiger partial charge in [-0.25, -0.2) is 4.39 Å². The van der Waals surface area contributed by atoms with E-state index < -0.39 is 17.5 Å². The molecule has 1 heterocycles. The van der Waals surface area contributed by atoms with Crippen molar-refractivity contribution in [1.29, 1.82) is 0 Å². The lowest BCUT2D eigenvalue weighted by molar-refractivity contribution is -0.114. The van der Waals surface area contributed by atoms with Crippen LogP contribution in [0.5, 0.6) is 0 Å². The summed E-state index contributed by atoms with van der Waals surface area (Å²) in [4.78, 5) is 27.5. The van der Waals surface area contributed by atoms with Crippen molar-refractivity contribution in [2.24, 2.45) is 0 Å². The molecule has 2 aromatic rings. The lowest BCUT2D eigenvalue weighted by atomic mass is 10.1. The highest BCUT2D eigenvalue weighted by Gasteiger charge is 2.36. The number of benzene rings is 2. The molecule has 0 unspecified atom stereocenters. The second-order valence-electron chi connectivity index (χ2n) is 5.81. The molecule has 0 aliphatic carbocycles. The first-order chi connectivity index (χ1) is 11.0. The molecule has 1 amide bonds. The Balaban J connectivity index is 1.79. The Morgan fingerprint density at radius 1 is 1.13 bits per heavy atom. The van der Waals surface area contributed by atoms with Gasteiger partial charge in [0.1, 0.15) is 5.82 Å². The number of carbonyl (C=O) groups is 2. The SMILES string of the molecule is Cc1ccccc1CN(C)CN1C(=O)C(=O)c2cc(F)ccc21. The zero-order valence-electron chi connectivity index (χ0n) is 13.0. The van der Waals surface area contributed by atoms with E-state index in [2.05, 4.69) is 0 Å². The van der Waals surface area contributed by atoms with E-state index in [1.807, 2.05) is 43.1 Å². The van der Waals surface area contributed by atoms with Crippen LogP contribution < -0.4 is 4.90 Å². The first-order valence-corrected chi connectivity index (χ1v) is 7.36. The minimum absolute atomic E-state index is 0.138. The number of aryl methyl sites for hydroxylation is 1. The third-order valence-electron chi connectivity index (χ3n) is 4.02. The van der Waals surface area contributed by atoms with Crippen LogP contribution >= 0.6 is 0 Å². The average molecular weight is 312 g/mol. The molecule has 0 saturated carbocycles. The maximum atomic E-state index is 13.3. The Labute approximate surface area is 134 Å². The second kappa shape index (κ2) is 5.93. The van der Waals surface area contributed by atoms with Crippen molar-refractivity contribution >= 4 is 17.4 Å². The van der Waals surface area contributed by atoms with Gasteiger partial charge in [-0.3, -0.25) is 19.4 Å². The van der Waals surface area contributed by atoms with E-state index in [-0.39, 0.29) is 12.2 Å². The van der Waals surface area contributed by atoms with Gasteiger partial charge in [0.15, 0.2) is 0 Å². The molecule has 1 aliphatic heterocycles. The first-order valence-electron chi connectivity index (χ1n) is 7.36. The van der Waals surface area contributed by atoms with Crippen molar-refractivity contribution in [3.8, 4) is 0 Å². The van der Waals surface area contributed by atoms with Gasteiger partial charge in [-0.2, -0.15) is 0 Å². The number of carbonyl (C=O) groups excluding carboxylic acids is 2. The smallest absolute Gasteiger partial charge is 0.291 e. The molecule has 23 heavy (non-hydrogen) atoms. The molecule has 2 aromatic carbocycles. The highest BCUT2D eigenvalue weighted by molar-refractivity contribution is 6.52. The average Bonchev–Trinajstić information content (AvgIpc) is 2.74. The Hall–Kier alpha value is -2.53. The van der Waals surface area contributed by atoms with Crippen LogP contribution in [0.2, 0.25) is 0 Å². The maximum Gasteiger partial charge on any atom is 0.300 e. The van der Waals surface area contributed by atoms with E-state index >= 15 is 0 Å². The van der Waals surface area contributed by atoms with Crippen LogP contribution in [-0.2, 0) is 11.3 Å². The van der Waals surface area contributed by atoms with Gasteiger partial charge in [-0.05, 0) is 43.3 Å². The molecular weight excluding hydrogens is 295 g/mol. The second-order valence-corrected chi connectivity index (χ2v) is 5.81. The zero-order valence-corrected chi connectivity index (χ0v) is 13.0. The molecular formula is C18H17FN2O2. The summed E-state index contributed by atoms with van der Waals surface area (Å²) in [6.07, 6.45) is 0. The summed E-state index contributed by atoms with van der Waals surface area (Å²) < 4.78 is 13.3. The van der Waals surface area contributed by atoms with Crippen molar-refractivity contribution in [3.05, 3.63) is 65.0 Å². The summed E-state index contributed by atoms with van der Waals surface area (Å²) >= 11 is 0. The van der Waals surface area contributed by atoms with E-state index in [0.717, 1.165) is 11.6 Å². The molecule has 3 rings (SSSR count). The van der Waals surface area contributed by atoms with Crippen LogP contribution in [0.1, 0.15) is 21.5 Å². The standard InChI is InChI=1S/C18H17FN2O2/c1-12-5-3-4-6-13(12)10-20(2)11-21-16-8-7-14(19)9-15(16)17(22)18(21)23/h3-9H,10-11H2,1-2H3. The van der Waals surface area contributed by atoms with Gasteiger partial charge in [-0.15, -0.1) is 0 Å². The summed E-state index contributed by atoms with van der Waals surface area (Å²) in [5.41, 5.74) is 2.94. The maximum absolute atomic E-state index is 13.3. The topological polar surface area (TPSA) is 40.6 Å². The number of hydrogen-bond acceptors (Lipinski definition) is 3. The van der Waals surface area contributed by atoms with E-state index in [4.69, 9.17) is 0 Å². The van der Waals surface area contributed by atoms with Crippen LogP contribution in [0.15, 0.2) is 42.5 Å². The summed E-state index contributed by atoms with van der Waals surface area (Å²) in [6, 6.07) is 11.9. The molecule has 1 aliphatic rings. The molecule has 0 spiro atoms. The fourth-order valence-corrected chi connectivity index (χ4v) is 2.78. The number of nitrogens with zero attached hydrogens (tertiary/aromatic N) is 2. The summed E-state index contributed by atoms with van der Waals surface area (Å²) in [6.45, 7) is 2.96. The minimum atomic E-state index is -0.649. The zero-order chi connectivity index (χ0) is 16.6. The number of ketones is 1. The quantitative estimate of drug-likeness (QED) is 0.815. The van der Waals surface area contributed by atoms with Gasteiger partial charge in [0.05, 0.1) is 17.9 Å². The number of hydrogen-bond donors (Lipinski definition) is 0. The van der Waals surface area contributed by atoms with Crippen LogP contribution in [0, 0.1) is 12.7 Å². The predicted octanol–water partition coefficient (Wildman–Crippen LogP) is 2.75. The van der Waals surface area contributed by atoms with E-state index in [1.165, 1.54) is 22.6 Å². The van der Waals surface area contributed by atoms with Gasteiger partial charge >= 0.3 is 5.91 Å². The fraction of sp³-hybridized carbons (Fsp3) is 0.222. The van der Waals surface area contributed by atoms with Crippen LogP contribution in [-0.4, -0.2) is 30.3 Å². The van der Waals surface area contributed by atoms with Gasteiger partial charge in [0.25, 0.3) is 5.78 Å². The highest BCUT2D eigenvalue weighted by atomic mass is 19.1. The number of fused-ring (bicyclic) bond motifs is 1. The molecule has 0 atom stereocenters. The van der Waals surface area contributed by atoms with Crippen molar-refractivity contribution in [2.45, 2.75) is 13.5 Å². The van der Waals surface area contributed by atoms with Gasteiger partial charge in [0, 0.05) is 6.54 Å². The van der Waals surface area contributed by atoms with Crippen LogP contribution in [0.4, 0.5) is 10.1 Å². The van der Waals surface area contributed by atoms with Crippen LogP contribution in [0.25, 0.3) is 0 Å². The molecule has 0 bridgehead atoms. The van der Waals surface area contributed by atoms with Crippen molar-refractivity contribution in [1.82, 2.24) is 4.90 Å². The number of amides is 1. The normalized spacial score (nSPS) is 13.8. The minimum Gasteiger partial charge on any atom is -0.291 e. The van der Waals surface area contributed by atoms with Gasteiger partial charge < -0.3 is 0 Å². The number of Topliss-reactive ketones (excluding diaryl/α,β-unsaturated/α-hetero) is 1. The summed E-state index contributed by atoms with van der Waals surface area (Å²) in [5, 5.41) is 0. The Morgan fingerprint density at radius 2 is 1.87 bits per heavy atom. The molecule has 0 saturated heterocycles. The first kappa shape index (κ1) is 15.4. The van der Waals surface area contributed by atoms with Crippen molar-refractivity contribution < 1.29 is 14.0 Å². The predicted molar refractivity (Wildman–Crippen MR) is 85.7 cm³/mol. The lowest BCUT2D eigenvalue weighted by Gasteiger charge is -2.25. The summed E-state index contributed by atoms with van der Waals surface area (Å²) in [5.74, 6) is -1.77. The third-order valence-corrected chi connectivity index (χ3v) is 4.02. The molecule has 0 aromatic heterocycles. The molecule has 0 fully saturated rings. The molecule has 0 N–H and O–H groups in total. The third kappa shape index (κ3) is 2.87. The van der Waals surface area contributed by atoms with E-state index in [1.54, 1.807) is 0 Å². The fourth-order valence-electron chi connectivity index (χ4n) is 2.78. The van der Waals surface area contributed by atoms with Gasteiger partial charge in [-0.1, -0.05) is 24.3 Å². The Bertz CT molecular complexity index is 788. The lowest BCUT2D eigenvalue weighted by Crippen LogP contribution is -2.39. The Kier molecular flexibility index (Phi) is 3.96.